The van der Waals surface area contributed by atoms with Crippen molar-refractivity contribution in [2.45, 2.75) is 26.8 Å². The number of amides is 3. The Morgan fingerprint density at radius 1 is 1.00 bits per heavy atom. The molecule has 28 heavy (non-hydrogen) atoms. The third-order valence-corrected chi connectivity index (χ3v) is 4.27. The Bertz CT molecular complexity index is 847. The van der Waals surface area contributed by atoms with Gasteiger partial charge in [-0.2, -0.15) is 0 Å². The zero-order valence-electron chi connectivity index (χ0n) is 16.1. The van der Waals surface area contributed by atoms with Crippen LogP contribution in [-0.2, 0) is 16.1 Å². The molecule has 0 fully saturated rings. The summed E-state index contributed by atoms with van der Waals surface area (Å²) < 4.78 is 5.68. The Balaban J connectivity index is 1.74. The molecule has 0 aromatic heterocycles. The van der Waals surface area contributed by atoms with E-state index < -0.39 is 5.91 Å². The van der Waals surface area contributed by atoms with Crippen molar-refractivity contribution >= 4 is 17.7 Å². The second-order valence-electron chi connectivity index (χ2n) is 6.42. The molecule has 0 saturated heterocycles. The third-order valence-electron chi connectivity index (χ3n) is 4.27. The van der Waals surface area contributed by atoms with Gasteiger partial charge in [0.05, 0.1) is 19.6 Å². The Labute approximate surface area is 164 Å². The molecule has 2 aromatic rings. The lowest BCUT2D eigenvalue weighted by atomic mass is 10.1. The average Bonchev–Trinajstić information content (AvgIpc) is 2.68. The van der Waals surface area contributed by atoms with Crippen molar-refractivity contribution < 1.29 is 19.1 Å². The van der Waals surface area contributed by atoms with E-state index >= 15 is 0 Å². The Hall–Kier alpha value is -3.35. The predicted octanol–water partition coefficient (Wildman–Crippen LogP) is 1.60. The number of nitrogens with one attached hydrogen (secondary N) is 2. The molecule has 0 saturated carbocycles. The number of rotatable bonds is 9. The van der Waals surface area contributed by atoms with E-state index in [0.717, 1.165) is 22.4 Å². The van der Waals surface area contributed by atoms with E-state index in [-0.39, 0.29) is 24.8 Å². The summed E-state index contributed by atoms with van der Waals surface area (Å²) in [5.74, 6) is -0.307. The molecule has 148 valence electrons. The number of hydrogen-bond acceptors (Lipinski definition) is 4. The van der Waals surface area contributed by atoms with Crippen LogP contribution >= 0.6 is 0 Å². The summed E-state index contributed by atoms with van der Waals surface area (Å²) in [4.78, 5) is 34.5. The highest BCUT2D eigenvalue weighted by Crippen LogP contribution is 2.20. The molecule has 3 amide bonds. The van der Waals surface area contributed by atoms with E-state index in [1.165, 1.54) is 0 Å². The van der Waals surface area contributed by atoms with Crippen LogP contribution in [0.15, 0.2) is 42.5 Å². The van der Waals surface area contributed by atoms with Gasteiger partial charge in [0.25, 0.3) is 5.91 Å². The molecule has 0 aliphatic carbocycles. The highest BCUT2D eigenvalue weighted by Gasteiger charge is 2.08. The van der Waals surface area contributed by atoms with E-state index in [1.54, 1.807) is 24.3 Å². The van der Waals surface area contributed by atoms with Gasteiger partial charge in [-0.15, -0.1) is 0 Å². The molecular weight excluding hydrogens is 358 g/mol. The zero-order chi connectivity index (χ0) is 20.5. The molecule has 2 rings (SSSR count). The molecule has 0 aliphatic rings. The topological polar surface area (TPSA) is 111 Å². The maximum atomic E-state index is 12.0. The highest BCUT2D eigenvalue weighted by molar-refractivity contribution is 5.96. The first-order valence-electron chi connectivity index (χ1n) is 8.98. The first kappa shape index (κ1) is 21.0. The number of ether oxygens (including phenoxy) is 1. The SMILES string of the molecule is Cc1cccc(OCCC(=O)NCc2ccc(C(=O)NCC(N)=O)cc2)c1C. The van der Waals surface area contributed by atoms with Gasteiger partial charge >= 0.3 is 0 Å². The van der Waals surface area contributed by atoms with Crippen LogP contribution in [0.4, 0.5) is 0 Å². The lowest BCUT2D eigenvalue weighted by Gasteiger charge is -2.11. The minimum Gasteiger partial charge on any atom is -0.493 e. The van der Waals surface area contributed by atoms with Crippen LogP contribution in [0.5, 0.6) is 5.75 Å². The van der Waals surface area contributed by atoms with Gasteiger partial charge < -0.3 is 21.1 Å². The minimum absolute atomic E-state index is 0.117. The lowest BCUT2D eigenvalue weighted by molar-refractivity contribution is -0.121. The van der Waals surface area contributed by atoms with Gasteiger partial charge in [-0.3, -0.25) is 14.4 Å². The first-order chi connectivity index (χ1) is 13.4. The fourth-order valence-electron chi connectivity index (χ4n) is 2.47. The molecule has 2 aromatic carbocycles. The van der Waals surface area contributed by atoms with Gasteiger partial charge in [0, 0.05) is 12.1 Å². The molecule has 0 aliphatic heterocycles. The quantitative estimate of drug-likeness (QED) is 0.611. The summed E-state index contributed by atoms with van der Waals surface area (Å²) in [6, 6.07) is 12.6. The van der Waals surface area contributed by atoms with E-state index in [9.17, 15) is 14.4 Å². The molecule has 0 spiro atoms. The maximum Gasteiger partial charge on any atom is 0.251 e. The van der Waals surface area contributed by atoms with Crippen molar-refractivity contribution in [3.63, 3.8) is 0 Å². The van der Waals surface area contributed by atoms with Crippen LogP contribution in [0.25, 0.3) is 0 Å². The molecule has 7 nitrogen and oxygen atoms in total. The predicted molar refractivity (Wildman–Crippen MR) is 106 cm³/mol. The van der Waals surface area contributed by atoms with Gasteiger partial charge in [0.1, 0.15) is 5.75 Å². The van der Waals surface area contributed by atoms with Crippen molar-refractivity contribution in [2.24, 2.45) is 5.73 Å². The average molecular weight is 383 g/mol. The van der Waals surface area contributed by atoms with Crippen LogP contribution < -0.4 is 21.1 Å². The Morgan fingerprint density at radius 3 is 2.39 bits per heavy atom. The van der Waals surface area contributed by atoms with Crippen LogP contribution in [0.2, 0.25) is 0 Å². The van der Waals surface area contributed by atoms with Gasteiger partial charge in [-0.1, -0.05) is 24.3 Å². The van der Waals surface area contributed by atoms with E-state index in [1.807, 2.05) is 32.0 Å². The van der Waals surface area contributed by atoms with Gasteiger partial charge in [-0.25, -0.2) is 0 Å². The van der Waals surface area contributed by atoms with Gasteiger partial charge in [0.15, 0.2) is 0 Å². The second-order valence-corrected chi connectivity index (χ2v) is 6.42. The zero-order valence-corrected chi connectivity index (χ0v) is 16.1. The van der Waals surface area contributed by atoms with Crippen molar-refractivity contribution in [1.29, 1.82) is 0 Å². The summed E-state index contributed by atoms with van der Waals surface area (Å²) in [6.07, 6.45) is 0.251. The normalized spacial score (nSPS) is 10.2. The Morgan fingerprint density at radius 2 is 1.71 bits per heavy atom. The van der Waals surface area contributed by atoms with Crippen LogP contribution in [0.1, 0.15) is 33.5 Å². The smallest absolute Gasteiger partial charge is 0.251 e. The van der Waals surface area contributed by atoms with Crippen LogP contribution in [0, 0.1) is 13.8 Å². The molecular formula is C21H25N3O4. The summed E-state index contributed by atoms with van der Waals surface area (Å²) in [7, 11) is 0. The summed E-state index contributed by atoms with van der Waals surface area (Å²) in [5.41, 5.74) is 8.48. The molecule has 0 heterocycles. The third kappa shape index (κ3) is 6.42. The number of nitrogens with two attached hydrogens (primary N) is 1. The number of hydrogen-bond donors (Lipinski definition) is 3. The highest BCUT2D eigenvalue weighted by atomic mass is 16.5. The number of aryl methyl sites for hydroxylation is 1. The minimum atomic E-state index is -0.603. The Kier molecular flexibility index (Phi) is 7.56. The molecule has 0 atom stereocenters. The van der Waals surface area contributed by atoms with Crippen molar-refractivity contribution in [1.82, 2.24) is 10.6 Å². The van der Waals surface area contributed by atoms with E-state index in [2.05, 4.69) is 10.6 Å². The lowest BCUT2D eigenvalue weighted by Crippen LogP contribution is -2.33. The van der Waals surface area contributed by atoms with Crippen molar-refractivity contribution in [3.05, 3.63) is 64.7 Å². The molecule has 4 N–H and O–H groups in total. The summed E-state index contributed by atoms with van der Waals surface area (Å²) in [5, 5.41) is 5.23. The molecule has 0 unspecified atom stereocenters. The standard InChI is InChI=1S/C21H25N3O4/c1-14-4-3-5-18(15(14)2)28-11-10-20(26)23-12-16-6-8-17(9-7-16)21(27)24-13-19(22)25/h3-9H,10-13H2,1-2H3,(H2,22,25)(H,23,26)(H,24,27). The number of carbonyl (C=O) groups excluding carboxylic acids is 3. The largest absolute Gasteiger partial charge is 0.493 e. The monoisotopic (exact) mass is 383 g/mol. The van der Waals surface area contributed by atoms with Crippen molar-refractivity contribution in [2.75, 3.05) is 13.2 Å². The molecule has 7 heteroatoms. The maximum absolute atomic E-state index is 12.0. The molecule has 0 bridgehead atoms. The van der Waals surface area contributed by atoms with E-state index in [4.69, 9.17) is 10.5 Å². The van der Waals surface area contributed by atoms with Crippen molar-refractivity contribution in [3.8, 4) is 5.75 Å². The number of primary amides is 1. The van der Waals surface area contributed by atoms with Crippen LogP contribution in [0.3, 0.4) is 0 Å². The first-order valence-corrected chi connectivity index (χ1v) is 8.98. The fraction of sp³-hybridized carbons (Fsp3) is 0.286. The van der Waals surface area contributed by atoms with Gasteiger partial charge in [0.2, 0.25) is 11.8 Å². The fourth-order valence-corrected chi connectivity index (χ4v) is 2.47. The number of carbonyl (C=O) groups is 3. The van der Waals surface area contributed by atoms with Gasteiger partial charge in [-0.05, 0) is 48.7 Å². The summed E-state index contributed by atoms with van der Waals surface area (Å²) in [6.45, 7) is 4.45. The van der Waals surface area contributed by atoms with Crippen LogP contribution in [-0.4, -0.2) is 30.9 Å². The van der Waals surface area contributed by atoms with E-state index in [0.29, 0.717) is 18.7 Å². The molecule has 0 radical (unpaired) electrons. The summed E-state index contributed by atoms with van der Waals surface area (Å²) >= 11 is 0. The second kappa shape index (κ2) is 10.1. The number of benzene rings is 2.